The lowest BCUT2D eigenvalue weighted by atomic mass is 9.91. The largest absolute Gasteiger partial charge is 0.496 e. The van der Waals surface area contributed by atoms with Crippen LogP contribution in [0, 0.1) is 0 Å². The van der Waals surface area contributed by atoms with E-state index in [1.165, 1.54) is 20.3 Å². The first-order valence-electron chi connectivity index (χ1n) is 6.42. The van der Waals surface area contributed by atoms with Crippen molar-refractivity contribution in [2.75, 3.05) is 20.5 Å². The van der Waals surface area contributed by atoms with E-state index in [9.17, 15) is 13.2 Å². The van der Waals surface area contributed by atoms with Crippen LogP contribution in [-0.4, -0.2) is 40.0 Å². The molecule has 0 amide bonds. The molecule has 1 aromatic carbocycles. The van der Waals surface area contributed by atoms with Gasteiger partial charge in [0.25, 0.3) is 0 Å². The van der Waals surface area contributed by atoms with Gasteiger partial charge in [-0.1, -0.05) is 0 Å². The van der Waals surface area contributed by atoms with Crippen molar-refractivity contribution in [3.8, 4) is 11.5 Å². The van der Waals surface area contributed by atoms with E-state index in [0.29, 0.717) is 24.2 Å². The zero-order chi connectivity index (χ0) is 15.8. The zero-order valence-electron chi connectivity index (χ0n) is 12.2. The van der Waals surface area contributed by atoms with Crippen molar-refractivity contribution in [3.63, 3.8) is 0 Å². The molecule has 1 fully saturated rings. The quantitative estimate of drug-likeness (QED) is 0.858. The molecule has 0 unspecified atom stereocenters. The second-order valence-corrected chi connectivity index (χ2v) is 7.25. The maximum atomic E-state index is 12.2. The molecule has 21 heavy (non-hydrogen) atoms. The number of sulfone groups is 1. The molecular weight excluding hydrogens is 296 g/mol. The molecule has 0 bridgehead atoms. The summed E-state index contributed by atoms with van der Waals surface area (Å²) in [5.41, 5.74) is -0.265. The molecule has 1 saturated carbocycles. The van der Waals surface area contributed by atoms with Crippen LogP contribution in [-0.2, 0) is 20.0 Å². The SMILES string of the molecule is COc1ccc(OC)c(S(C)(=O)=O)c1C1(CC(=O)O)CC1. The fourth-order valence-electron chi connectivity index (χ4n) is 2.70. The summed E-state index contributed by atoms with van der Waals surface area (Å²) in [7, 11) is -0.761. The molecule has 0 spiro atoms. The van der Waals surface area contributed by atoms with Crippen molar-refractivity contribution in [1.82, 2.24) is 0 Å². The number of ether oxygens (including phenoxy) is 2. The van der Waals surface area contributed by atoms with Gasteiger partial charge in [0.2, 0.25) is 0 Å². The van der Waals surface area contributed by atoms with E-state index in [0.717, 1.165) is 6.26 Å². The Bertz CT molecular complexity index is 673. The molecule has 0 heterocycles. The van der Waals surface area contributed by atoms with Crippen molar-refractivity contribution >= 4 is 15.8 Å². The van der Waals surface area contributed by atoms with Gasteiger partial charge in [-0.15, -0.1) is 0 Å². The van der Waals surface area contributed by atoms with Gasteiger partial charge in [0.15, 0.2) is 9.84 Å². The van der Waals surface area contributed by atoms with Crippen LogP contribution in [0.5, 0.6) is 11.5 Å². The number of hydrogen-bond acceptors (Lipinski definition) is 5. The molecule has 6 nitrogen and oxygen atoms in total. The summed E-state index contributed by atoms with van der Waals surface area (Å²) in [5, 5.41) is 9.11. The Hall–Kier alpha value is -1.76. The number of rotatable bonds is 6. The van der Waals surface area contributed by atoms with E-state index in [-0.39, 0.29) is 17.1 Å². The molecule has 116 valence electrons. The van der Waals surface area contributed by atoms with Crippen molar-refractivity contribution in [2.24, 2.45) is 0 Å². The minimum Gasteiger partial charge on any atom is -0.496 e. The van der Waals surface area contributed by atoms with Gasteiger partial charge < -0.3 is 14.6 Å². The van der Waals surface area contributed by atoms with Crippen molar-refractivity contribution in [1.29, 1.82) is 0 Å². The maximum absolute atomic E-state index is 12.2. The summed E-state index contributed by atoms with van der Waals surface area (Å²) < 4.78 is 34.8. The number of hydrogen-bond donors (Lipinski definition) is 1. The van der Waals surface area contributed by atoms with Crippen molar-refractivity contribution in [3.05, 3.63) is 17.7 Å². The van der Waals surface area contributed by atoms with Crippen LogP contribution in [0.1, 0.15) is 24.8 Å². The number of aliphatic carboxylic acids is 1. The Balaban J connectivity index is 2.76. The predicted octanol–water partition coefficient (Wildman–Crippen LogP) is 1.61. The standard InChI is InChI=1S/C14H18O6S/c1-19-9-4-5-10(20-2)13(21(3,17)18)12(9)14(6-7-14)8-11(15)16/h4-5H,6-8H2,1-3H3,(H,15,16). The second-order valence-electron chi connectivity index (χ2n) is 5.30. The number of carboxylic acids is 1. The summed E-state index contributed by atoms with van der Waals surface area (Å²) >= 11 is 0. The highest BCUT2D eigenvalue weighted by Crippen LogP contribution is 2.57. The first kappa shape index (κ1) is 15.6. The molecule has 7 heteroatoms. The molecule has 0 atom stereocenters. The number of carboxylic acid groups (broad SMARTS) is 1. The van der Waals surface area contributed by atoms with Gasteiger partial charge in [-0.3, -0.25) is 4.79 Å². The zero-order valence-corrected chi connectivity index (χ0v) is 13.0. The van der Waals surface area contributed by atoms with Crippen LogP contribution in [0.2, 0.25) is 0 Å². The van der Waals surface area contributed by atoms with Crippen LogP contribution in [0.25, 0.3) is 0 Å². The van der Waals surface area contributed by atoms with Crippen molar-refractivity contribution in [2.45, 2.75) is 29.6 Å². The summed E-state index contributed by atoms with van der Waals surface area (Å²) in [6.07, 6.45) is 2.19. The minimum absolute atomic E-state index is 0.0306. The monoisotopic (exact) mass is 314 g/mol. The van der Waals surface area contributed by atoms with Crippen LogP contribution in [0.15, 0.2) is 17.0 Å². The summed E-state index contributed by atoms with van der Waals surface area (Å²) in [6, 6.07) is 3.14. The predicted molar refractivity (Wildman–Crippen MR) is 75.8 cm³/mol. The number of carbonyl (C=O) groups is 1. The van der Waals surface area contributed by atoms with Crippen LogP contribution >= 0.6 is 0 Å². The summed E-state index contributed by atoms with van der Waals surface area (Å²) in [4.78, 5) is 11.2. The number of methoxy groups -OCH3 is 2. The average Bonchev–Trinajstić information content (AvgIpc) is 3.15. The smallest absolute Gasteiger partial charge is 0.304 e. The van der Waals surface area contributed by atoms with Crippen LogP contribution in [0.4, 0.5) is 0 Å². The van der Waals surface area contributed by atoms with E-state index in [2.05, 4.69) is 0 Å². The highest BCUT2D eigenvalue weighted by atomic mass is 32.2. The summed E-state index contributed by atoms with van der Waals surface area (Å²) in [6.45, 7) is 0. The van der Waals surface area contributed by atoms with Gasteiger partial charge in [-0.05, 0) is 25.0 Å². The molecule has 0 saturated heterocycles. The average molecular weight is 314 g/mol. The van der Waals surface area contributed by atoms with E-state index in [1.54, 1.807) is 6.07 Å². The molecule has 1 aliphatic carbocycles. The highest BCUT2D eigenvalue weighted by molar-refractivity contribution is 7.90. The van der Waals surface area contributed by atoms with Gasteiger partial charge in [-0.25, -0.2) is 8.42 Å². The first-order valence-corrected chi connectivity index (χ1v) is 8.31. The fourth-order valence-corrected chi connectivity index (χ4v) is 3.91. The minimum atomic E-state index is -3.59. The van der Waals surface area contributed by atoms with Gasteiger partial charge in [0.1, 0.15) is 16.4 Å². The Morgan fingerprint density at radius 2 is 1.76 bits per heavy atom. The van der Waals surface area contributed by atoms with Crippen LogP contribution < -0.4 is 9.47 Å². The van der Waals surface area contributed by atoms with Gasteiger partial charge in [0, 0.05) is 17.2 Å². The van der Waals surface area contributed by atoms with E-state index in [1.807, 2.05) is 0 Å². The Morgan fingerprint density at radius 3 is 2.14 bits per heavy atom. The Labute approximate surface area is 123 Å². The van der Waals surface area contributed by atoms with E-state index in [4.69, 9.17) is 14.6 Å². The molecule has 2 rings (SSSR count). The lowest BCUT2D eigenvalue weighted by Gasteiger charge is -2.22. The maximum Gasteiger partial charge on any atom is 0.304 e. The topological polar surface area (TPSA) is 89.9 Å². The second kappa shape index (κ2) is 5.22. The lowest BCUT2D eigenvalue weighted by Crippen LogP contribution is -2.19. The molecule has 1 aromatic rings. The van der Waals surface area contributed by atoms with Gasteiger partial charge >= 0.3 is 5.97 Å². The van der Waals surface area contributed by atoms with Crippen LogP contribution in [0.3, 0.4) is 0 Å². The lowest BCUT2D eigenvalue weighted by molar-refractivity contribution is -0.137. The molecule has 0 aliphatic heterocycles. The molecule has 1 aliphatic rings. The third-order valence-corrected chi connectivity index (χ3v) is 4.91. The Morgan fingerprint density at radius 1 is 1.24 bits per heavy atom. The normalized spacial score (nSPS) is 16.3. The highest BCUT2D eigenvalue weighted by Gasteiger charge is 2.51. The van der Waals surface area contributed by atoms with Crippen molar-refractivity contribution < 1.29 is 27.8 Å². The molecular formula is C14H18O6S. The summed E-state index contributed by atoms with van der Waals surface area (Å²) in [5.74, 6) is -0.364. The van der Waals surface area contributed by atoms with E-state index >= 15 is 0 Å². The number of benzene rings is 1. The first-order chi connectivity index (χ1) is 9.75. The Kier molecular flexibility index (Phi) is 3.88. The third-order valence-electron chi connectivity index (χ3n) is 3.77. The van der Waals surface area contributed by atoms with E-state index < -0.39 is 21.2 Å². The molecule has 0 radical (unpaired) electrons. The third kappa shape index (κ3) is 2.83. The fraction of sp³-hybridized carbons (Fsp3) is 0.500. The molecule has 0 aromatic heterocycles. The van der Waals surface area contributed by atoms with Gasteiger partial charge in [-0.2, -0.15) is 0 Å². The van der Waals surface area contributed by atoms with Gasteiger partial charge in [0.05, 0.1) is 20.6 Å². The molecule has 1 N–H and O–H groups in total.